The first-order valence-electron chi connectivity index (χ1n) is 5.08. The number of aryl methyl sites for hydroxylation is 1. The van der Waals surface area contributed by atoms with Gasteiger partial charge in [0.1, 0.15) is 11.9 Å². The molecule has 2 aromatic rings. The lowest BCUT2D eigenvalue weighted by molar-refractivity contribution is 0.223. The maximum absolute atomic E-state index is 10.2. The van der Waals surface area contributed by atoms with Crippen LogP contribution in [-0.4, -0.2) is 12.2 Å². The van der Waals surface area contributed by atoms with Crippen molar-refractivity contribution >= 4 is 11.3 Å². The van der Waals surface area contributed by atoms with Gasteiger partial charge in [0.2, 0.25) is 0 Å². The maximum Gasteiger partial charge on any atom is 0.129 e. The van der Waals surface area contributed by atoms with Crippen molar-refractivity contribution in [2.45, 2.75) is 13.0 Å². The summed E-state index contributed by atoms with van der Waals surface area (Å²) in [5.74, 6) is 0.799. The number of aliphatic hydroxyl groups is 1. The summed E-state index contributed by atoms with van der Waals surface area (Å²) >= 11 is 1.51. The first-order valence-corrected chi connectivity index (χ1v) is 5.96. The van der Waals surface area contributed by atoms with Crippen LogP contribution in [0.5, 0.6) is 5.75 Å². The Morgan fingerprint density at radius 3 is 2.69 bits per heavy atom. The minimum Gasteiger partial charge on any atom is -0.496 e. The molecule has 1 aromatic heterocycles. The third-order valence-corrected chi connectivity index (χ3v) is 3.55. The van der Waals surface area contributed by atoms with Crippen LogP contribution < -0.4 is 4.74 Å². The Labute approximate surface area is 99.1 Å². The molecule has 16 heavy (non-hydrogen) atoms. The molecule has 1 atom stereocenters. The van der Waals surface area contributed by atoms with E-state index in [2.05, 4.69) is 0 Å². The summed E-state index contributed by atoms with van der Waals surface area (Å²) in [6.45, 7) is 2.00. The molecular weight excluding hydrogens is 220 g/mol. The molecule has 84 valence electrons. The van der Waals surface area contributed by atoms with E-state index in [-0.39, 0.29) is 0 Å². The van der Waals surface area contributed by atoms with Crippen molar-refractivity contribution in [2.75, 3.05) is 7.11 Å². The Balaban J connectivity index is 2.31. The molecule has 1 heterocycles. The Morgan fingerprint density at radius 1 is 1.31 bits per heavy atom. The van der Waals surface area contributed by atoms with Crippen molar-refractivity contribution in [3.63, 3.8) is 0 Å². The van der Waals surface area contributed by atoms with Crippen LogP contribution >= 0.6 is 11.3 Å². The van der Waals surface area contributed by atoms with Gasteiger partial charge in [-0.1, -0.05) is 24.3 Å². The minimum atomic E-state index is -0.560. The van der Waals surface area contributed by atoms with Crippen LogP contribution in [0.3, 0.4) is 0 Å². The fourth-order valence-electron chi connectivity index (χ4n) is 1.63. The van der Waals surface area contributed by atoms with Gasteiger partial charge in [0.25, 0.3) is 0 Å². The van der Waals surface area contributed by atoms with E-state index in [1.165, 1.54) is 11.3 Å². The zero-order chi connectivity index (χ0) is 11.5. The van der Waals surface area contributed by atoms with E-state index in [4.69, 9.17) is 4.74 Å². The highest BCUT2D eigenvalue weighted by atomic mass is 32.1. The summed E-state index contributed by atoms with van der Waals surface area (Å²) in [7, 11) is 1.63. The molecular formula is C13H14O2S. The molecule has 0 fully saturated rings. The second kappa shape index (κ2) is 4.68. The fourth-order valence-corrected chi connectivity index (χ4v) is 2.49. The first-order chi connectivity index (χ1) is 7.72. The van der Waals surface area contributed by atoms with E-state index in [9.17, 15) is 5.11 Å². The van der Waals surface area contributed by atoms with Crippen LogP contribution in [0.25, 0.3) is 0 Å². The quantitative estimate of drug-likeness (QED) is 0.884. The molecule has 0 saturated carbocycles. The molecule has 1 N–H and O–H groups in total. The molecule has 2 rings (SSSR count). The van der Waals surface area contributed by atoms with Gasteiger partial charge in [-0.2, -0.15) is 0 Å². The zero-order valence-electron chi connectivity index (χ0n) is 9.31. The average Bonchev–Trinajstić information content (AvgIpc) is 2.77. The summed E-state index contributed by atoms with van der Waals surface area (Å²) in [4.78, 5) is 0.908. The van der Waals surface area contributed by atoms with E-state index >= 15 is 0 Å². The van der Waals surface area contributed by atoms with Crippen LogP contribution in [0, 0.1) is 6.92 Å². The summed E-state index contributed by atoms with van der Waals surface area (Å²) in [5.41, 5.74) is 2.05. The van der Waals surface area contributed by atoms with Crippen LogP contribution in [0.2, 0.25) is 0 Å². The predicted molar refractivity (Wildman–Crippen MR) is 66.1 cm³/mol. The summed E-state index contributed by atoms with van der Waals surface area (Å²) < 4.78 is 5.11. The van der Waals surface area contributed by atoms with Crippen molar-refractivity contribution in [3.8, 4) is 5.75 Å². The lowest BCUT2D eigenvalue weighted by Crippen LogP contribution is -1.99. The molecule has 1 unspecified atom stereocenters. The molecule has 0 amide bonds. The van der Waals surface area contributed by atoms with Gasteiger partial charge in [0.15, 0.2) is 0 Å². The number of hydrogen-bond acceptors (Lipinski definition) is 3. The van der Waals surface area contributed by atoms with Gasteiger partial charge >= 0.3 is 0 Å². The molecule has 3 heteroatoms. The monoisotopic (exact) mass is 234 g/mol. The van der Waals surface area contributed by atoms with Gasteiger partial charge in [-0.05, 0) is 24.1 Å². The second-order valence-electron chi connectivity index (χ2n) is 3.65. The Morgan fingerprint density at radius 2 is 2.06 bits per heavy atom. The van der Waals surface area contributed by atoms with Crippen molar-refractivity contribution < 1.29 is 9.84 Å². The fraction of sp³-hybridized carbons (Fsp3) is 0.231. The molecule has 0 radical (unpaired) electrons. The van der Waals surface area contributed by atoms with Gasteiger partial charge in [-0.15, -0.1) is 11.3 Å². The second-order valence-corrected chi connectivity index (χ2v) is 4.59. The number of thiophene rings is 1. The SMILES string of the molecule is COc1csc(C(O)c2ccccc2C)c1. The number of aliphatic hydroxyl groups excluding tert-OH is 1. The number of benzene rings is 1. The molecule has 1 aromatic carbocycles. The van der Waals surface area contributed by atoms with E-state index < -0.39 is 6.10 Å². The Hall–Kier alpha value is -1.32. The number of ether oxygens (including phenoxy) is 1. The van der Waals surface area contributed by atoms with E-state index in [1.807, 2.05) is 42.6 Å². The zero-order valence-corrected chi connectivity index (χ0v) is 10.1. The number of rotatable bonds is 3. The molecule has 0 bridgehead atoms. The highest BCUT2D eigenvalue weighted by molar-refractivity contribution is 7.10. The smallest absolute Gasteiger partial charge is 0.129 e. The third-order valence-electron chi connectivity index (χ3n) is 2.58. The lowest BCUT2D eigenvalue weighted by atomic mass is 10.0. The molecule has 0 aliphatic heterocycles. The van der Waals surface area contributed by atoms with Gasteiger partial charge in [-0.25, -0.2) is 0 Å². The van der Waals surface area contributed by atoms with Crippen LogP contribution in [0.15, 0.2) is 35.7 Å². The lowest BCUT2D eigenvalue weighted by Gasteiger charge is -2.11. The normalized spacial score (nSPS) is 12.4. The number of hydrogen-bond donors (Lipinski definition) is 1. The highest BCUT2D eigenvalue weighted by Crippen LogP contribution is 2.31. The van der Waals surface area contributed by atoms with Crippen molar-refractivity contribution in [1.29, 1.82) is 0 Å². The van der Waals surface area contributed by atoms with Crippen LogP contribution in [0.4, 0.5) is 0 Å². The van der Waals surface area contributed by atoms with E-state index in [0.717, 1.165) is 21.8 Å². The highest BCUT2D eigenvalue weighted by Gasteiger charge is 2.14. The van der Waals surface area contributed by atoms with Gasteiger partial charge in [-0.3, -0.25) is 0 Å². The Bertz CT molecular complexity index is 476. The molecule has 2 nitrogen and oxygen atoms in total. The summed E-state index contributed by atoms with van der Waals surface area (Å²) in [5, 5.41) is 12.1. The first kappa shape index (κ1) is 11.2. The summed E-state index contributed by atoms with van der Waals surface area (Å²) in [6, 6.07) is 9.74. The predicted octanol–water partition coefficient (Wildman–Crippen LogP) is 3.15. The average molecular weight is 234 g/mol. The van der Waals surface area contributed by atoms with Crippen molar-refractivity contribution in [3.05, 3.63) is 51.7 Å². The van der Waals surface area contributed by atoms with Gasteiger partial charge < -0.3 is 9.84 Å². The molecule has 0 saturated heterocycles. The van der Waals surface area contributed by atoms with Gasteiger partial charge in [0.05, 0.1) is 7.11 Å². The van der Waals surface area contributed by atoms with Crippen LogP contribution in [0.1, 0.15) is 22.1 Å². The van der Waals surface area contributed by atoms with Crippen molar-refractivity contribution in [1.82, 2.24) is 0 Å². The van der Waals surface area contributed by atoms with E-state index in [1.54, 1.807) is 7.11 Å². The molecule has 0 aliphatic rings. The standard InChI is InChI=1S/C13H14O2S/c1-9-5-3-4-6-11(9)13(14)12-7-10(15-2)8-16-12/h3-8,13-14H,1-2H3. The van der Waals surface area contributed by atoms with Crippen molar-refractivity contribution in [2.24, 2.45) is 0 Å². The summed E-state index contributed by atoms with van der Waals surface area (Å²) in [6.07, 6.45) is -0.560. The number of methoxy groups -OCH3 is 1. The molecule has 0 spiro atoms. The Kier molecular flexibility index (Phi) is 3.27. The maximum atomic E-state index is 10.2. The largest absolute Gasteiger partial charge is 0.496 e. The van der Waals surface area contributed by atoms with Gasteiger partial charge in [0, 0.05) is 10.3 Å². The topological polar surface area (TPSA) is 29.5 Å². The molecule has 0 aliphatic carbocycles. The van der Waals surface area contributed by atoms with Crippen LogP contribution in [-0.2, 0) is 0 Å². The third kappa shape index (κ3) is 2.10. The minimum absolute atomic E-state index is 0.560. The van der Waals surface area contributed by atoms with E-state index in [0.29, 0.717) is 0 Å².